The zero-order valence-electron chi connectivity index (χ0n) is 10.6. The molecule has 0 nitrogen and oxygen atoms in total. The first kappa shape index (κ1) is 16.5. The molecule has 0 fully saturated rings. The van der Waals surface area contributed by atoms with Gasteiger partial charge < -0.3 is 0 Å². The van der Waals surface area contributed by atoms with E-state index >= 15 is 0 Å². The van der Waals surface area contributed by atoms with Gasteiger partial charge in [0.05, 0.1) is 5.56 Å². The van der Waals surface area contributed by atoms with E-state index in [4.69, 9.17) is 0 Å². The van der Waals surface area contributed by atoms with E-state index in [9.17, 15) is 17.6 Å². The van der Waals surface area contributed by atoms with Crippen molar-refractivity contribution in [1.29, 1.82) is 0 Å². The van der Waals surface area contributed by atoms with Crippen molar-refractivity contribution in [3.8, 4) is 0 Å². The fraction of sp³-hybridized carbons (Fsp3) is 0.200. The van der Waals surface area contributed by atoms with Gasteiger partial charge in [-0.25, -0.2) is 4.39 Å². The van der Waals surface area contributed by atoms with E-state index in [1.54, 1.807) is 24.3 Å². The maximum atomic E-state index is 13.6. The van der Waals surface area contributed by atoms with Crippen molar-refractivity contribution in [2.24, 2.45) is 0 Å². The molecule has 6 heteroatoms. The Labute approximate surface area is 136 Å². The molecule has 112 valence electrons. The molecule has 0 N–H and O–H groups in total. The molecular formula is C15H10Br2F4. The quantitative estimate of drug-likeness (QED) is 0.400. The molecule has 0 saturated carbocycles. The third-order valence-electron chi connectivity index (χ3n) is 3.01. The molecule has 0 amide bonds. The van der Waals surface area contributed by atoms with Crippen molar-refractivity contribution in [2.75, 3.05) is 0 Å². The average Bonchev–Trinajstić information content (AvgIpc) is 2.40. The summed E-state index contributed by atoms with van der Waals surface area (Å²) in [7, 11) is 0. The van der Waals surface area contributed by atoms with Crippen LogP contribution in [0.5, 0.6) is 0 Å². The lowest BCUT2D eigenvalue weighted by Gasteiger charge is -2.15. The minimum atomic E-state index is -4.43. The minimum Gasteiger partial charge on any atom is -0.207 e. The largest absolute Gasteiger partial charge is 0.417 e. The molecule has 0 aliphatic rings. The summed E-state index contributed by atoms with van der Waals surface area (Å²) in [6.07, 6.45) is -4.16. The maximum Gasteiger partial charge on any atom is 0.417 e. The van der Waals surface area contributed by atoms with Gasteiger partial charge in [0.1, 0.15) is 5.82 Å². The number of alkyl halides is 4. The van der Waals surface area contributed by atoms with Crippen molar-refractivity contribution in [3.05, 3.63) is 69.4 Å². The summed E-state index contributed by atoms with van der Waals surface area (Å²) >= 11 is 6.23. The Balaban J connectivity index is 2.28. The standard InChI is InChI=1S/C15H10Br2F4/c16-12-6-5-9(7-11(12)15(19,20)21)13(17)8-10-3-1-2-4-14(10)18/h1-7,13H,8H2. The molecule has 0 bridgehead atoms. The van der Waals surface area contributed by atoms with Crippen LogP contribution in [0.2, 0.25) is 0 Å². The lowest BCUT2D eigenvalue weighted by Crippen LogP contribution is -2.08. The van der Waals surface area contributed by atoms with Crippen molar-refractivity contribution < 1.29 is 17.6 Å². The predicted molar refractivity (Wildman–Crippen MR) is 80.9 cm³/mol. The van der Waals surface area contributed by atoms with Crippen LogP contribution in [0, 0.1) is 5.82 Å². The van der Waals surface area contributed by atoms with Crippen molar-refractivity contribution in [2.45, 2.75) is 17.4 Å². The first-order chi connectivity index (χ1) is 9.79. The van der Waals surface area contributed by atoms with Crippen LogP contribution in [0.4, 0.5) is 17.6 Å². The summed E-state index contributed by atoms with van der Waals surface area (Å²) in [5.74, 6) is -0.366. The Morgan fingerprint density at radius 1 is 1.05 bits per heavy atom. The molecule has 2 aromatic carbocycles. The SMILES string of the molecule is Fc1ccccc1CC(Br)c1ccc(Br)c(C(F)(F)F)c1. The normalized spacial score (nSPS) is 13.2. The van der Waals surface area contributed by atoms with Gasteiger partial charge in [0.2, 0.25) is 0 Å². The van der Waals surface area contributed by atoms with E-state index in [1.807, 2.05) is 0 Å². The van der Waals surface area contributed by atoms with Gasteiger partial charge in [-0.3, -0.25) is 0 Å². The molecule has 1 unspecified atom stereocenters. The van der Waals surface area contributed by atoms with Gasteiger partial charge in [0.15, 0.2) is 0 Å². The van der Waals surface area contributed by atoms with Crippen molar-refractivity contribution in [1.82, 2.24) is 0 Å². The lowest BCUT2D eigenvalue weighted by atomic mass is 10.0. The van der Waals surface area contributed by atoms with E-state index in [1.165, 1.54) is 12.1 Å². The van der Waals surface area contributed by atoms with Gasteiger partial charge in [-0.1, -0.05) is 56.1 Å². The highest BCUT2D eigenvalue weighted by atomic mass is 79.9. The zero-order valence-corrected chi connectivity index (χ0v) is 13.8. The van der Waals surface area contributed by atoms with Crippen LogP contribution in [-0.4, -0.2) is 0 Å². The summed E-state index contributed by atoms with van der Waals surface area (Å²) in [6.45, 7) is 0. The van der Waals surface area contributed by atoms with Crippen LogP contribution < -0.4 is 0 Å². The smallest absolute Gasteiger partial charge is 0.207 e. The van der Waals surface area contributed by atoms with E-state index in [2.05, 4.69) is 31.9 Å². The summed E-state index contributed by atoms with van der Waals surface area (Å²) in [6, 6.07) is 10.2. The van der Waals surface area contributed by atoms with E-state index in [0.29, 0.717) is 11.1 Å². The Morgan fingerprint density at radius 3 is 2.33 bits per heavy atom. The molecule has 0 radical (unpaired) electrons. The highest BCUT2D eigenvalue weighted by Gasteiger charge is 2.33. The third kappa shape index (κ3) is 4.07. The van der Waals surface area contributed by atoms with Gasteiger partial charge in [-0.15, -0.1) is 0 Å². The molecule has 0 saturated heterocycles. The second kappa shape index (κ2) is 6.48. The minimum absolute atomic E-state index is 0.00987. The van der Waals surface area contributed by atoms with Crippen LogP contribution >= 0.6 is 31.9 Å². The number of rotatable bonds is 3. The molecule has 1 atom stereocenters. The third-order valence-corrected chi connectivity index (χ3v) is 4.56. The van der Waals surface area contributed by atoms with Crippen LogP contribution in [-0.2, 0) is 12.6 Å². The summed E-state index contributed by atoms with van der Waals surface area (Å²) in [4.78, 5) is -0.399. The lowest BCUT2D eigenvalue weighted by molar-refractivity contribution is -0.138. The molecule has 0 heterocycles. The fourth-order valence-electron chi connectivity index (χ4n) is 1.93. The molecule has 0 aromatic heterocycles. The fourth-order valence-corrected chi connectivity index (χ4v) is 3.03. The molecular weight excluding hydrogens is 416 g/mol. The van der Waals surface area contributed by atoms with Gasteiger partial charge in [-0.05, 0) is 35.7 Å². The Hall–Kier alpha value is -0.880. The van der Waals surface area contributed by atoms with Crippen LogP contribution in [0.25, 0.3) is 0 Å². The highest BCUT2D eigenvalue weighted by molar-refractivity contribution is 9.10. The second-order valence-electron chi connectivity index (χ2n) is 4.50. The average molecular weight is 426 g/mol. The van der Waals surface area contributed by atoms with Gasteiger partial charge >= 0.3 is 6.18 Å². The number of hydrogen-bond donors (Lipinski definition) is 0. The van der Waals surface area contributed by atoms with E-state index < -0.39 is 16.6 Å². The topological polar surface area (TPSA) is 0 Å². The van der Waals surface area contributed by atoms with E-state index in [-0.39, 0.29) is 16.7 Å². The van der Waals surface area contributed by atoms with Gasteiger partial charge in [0.25, 0.3) is 0 Å². The highest BCUT2D eigenvalue weighted by Crippen LogP contribution is 2.38. The first-order valence-electron chi connectivity index (χ1n) is 6.03. The molecule has 0 spiro atoms. The number of hydrogen-bond acceptors (Lipinski definition) is 0. The van der Waals surface area contributed by atoms with Crippen LogP contribution in [0.1, 0.15) is 21.5 Å². The van der Waals surface area contributed by atoms with E-state index in [0.717, 1.165) is 6.07 Å². The summed E-state index contributed by atoms with van der Waals surface area (Å²) < 4.78 is 52.2. The maximum absolute atomic E-state index is 13.6. The number of halogens is 6. The molecule has 2 aromatic rings. The van der Waals surface area contributed by atoms with Gasteiger partial charge in [0, 0.05) is 9.30 Å². The summed E-state index contributed by atoms with van der Waals surface area (Å²) in [5.41, 5.74) is 0.169. The Morgan fingerprint density at radius 2 is 1.71 bits per heavy atom. The molecule has 21 heavy (non-hydrogen) atoms. The van der Waals surface area contributed by atoms with Gasteiger partial charge in [-0.2, -0.15) is 13.2 Å². The monoisotopic (exact) mass is 424 g/mol. The van der Waals surface area contributed by atoms with Crippen molar-refractivity contribution >= 4 is 31.9 Å². The predicted octanol–water partition coefficient (Wildman–Crippen LogP) is 6.29. The molecule has 0 aliphatic heterocycles. The number of benzene rings is 2. The van der Waals surface area contributed by atoms with Crippen LogP contribution in [0.3, 0.4) is 0 Å². The zero-order chi connectivity index (χ0) is 15.6. The Bertz CT molecular complexity index is 638. The van der Waals surface area contributed by atoms with Crippen LogP contribution in [0.15, 0.2) is 46.9 Å². The first-order valence-corrected chi connectivity index (χ1v) is 7.74. The molecule has 2 rings (SSSR count). The van der Waals surface area contributed by atoms with Crippen molar-refractivity contribution in [3.63, 3.8) is 0 Å². The Kier molecular flexibility index (Phi) is 5.09. The second-order valence-corrected chi connectivity index (χ2v) is 6.46. The molecule has 0 aliphatic carbocycles. The summed E-state index contributed by atoms with van der Waals surface area (Å²) in [5, 5.41) is 0.